The lowest BCUT2D eigenvalue weighted by Crippen LogP contribution is -2.28. The molecule has 0 aliphatic carbocycles. The summed E-state index contributed by atoms with van der Waals surface area (Å²) in [7, 11) is 0. The Morgan fingerprint density at radius 1 is 0.580 bits per heavy atom. The van der Waals surface area contributed by atoms with Gasteiger partial charge in [0, 0.05) is 12.8 Å². The molecule has 0 aromatic rings. The first-order chi connectivity index (χ1) is 24.5. The highest BCUT2D eigenvalue weighted by Crippen LogP contribution is 2.14. The van der Waals surface area contributed by atoms with E-state index in [2.05, 4.69) is 44.2 Å². The Balaban J connectivity index is 3.75. The van der Waals surface area contributed by atoms with E-state index >= 15 is 0 Å². The van der Waals surface area contributed by atoms with Crippen LogP contribution in [-0.2, 0) is 19.1 Å². The zero-order chi connectivity index (χ0) is 36.6. The Morgan fingerprint density at radius 3 is 1.68 bits per heavy atom. The third-order valence-electron chi connectivity index (χ3n) is 8.36. The van der Waals surface area contributed by atoms with Crippen LogP contribution in [0.5, 0.6) is 0 Å². The topological polar surface area (TPSA) is 93.1 Å². The molecule has 50 heavy (non-hydrogen) atoms. The lowest BCUT2D eigenvalue weighted by molar-refractivity contribution is -0.161. The third kappa shape index (κ3) is 36.6. The van der Waals surface area contributed by atoms with Crippen molar-refractivity contribution in [1.82, 2.24) is 0 Å². The number of ether oxygens (including phenoxy) is 2. The quantitative estimate of drug-likeness (QED) is 0.0296. The maximum absolute atomic E-state index is 12.2. The van der Waals surface area contributed by atoms with Gasteiger partial charge in [-0.1, -0.05) is 183 Å². The van der Waals surface area contributed by atoms with Gasteiger partial charge in [0.1, 0.15) is 6.61 Å². The first-order valence-corrected chi connectivity index (χ1v) is 20.1. The summed E-state index contributed by atoms with van der Waals surface area (Å²) in [6.45, 7) is 3.89. The molecule has 2 N–H and O–H groups in total. The molecule has 6 heteroatoms. The van der Waals surface area contributed by atoms with Gasteiger partial charge in [0.05, 0.1) is 12.7 Å². The molecule has 0 aromatic heterocycles. The van der Waals surface area contributed by atoms with E-state index in [1.807, 2.05) is 36.5 Å². The number of esters is 2. The smallest absolute Gasteiger partial charge is 0.306 e. The average Bonchev–Trinajstić information content (AvgIpc) is 3.11. The van der Waals surface area contributed by atoms with E-state index in [9.17, 15) is 19.8 Å². The summed E-state index contributed by atoms with van der Waals surface area (Å²) in [4.78, 5) is 24.2. The van der Waals surface area contributed by atoms with Gasteiger partial charge in [-0.2, -0.15) is 0 Å². The fourth-order valence-corrected chi connectivity index (χ4v) is 5.31. The maximum atomic E-state index is 12.2. The van der Waals surface area contributed by atoms with Crippen LogP contribution in [0.1, 0.15) is 168 Å². The number of carbonyl (C=O) groups is 2. The fraction of sp³-hybridized carbons (Fsp3) is 0.682. The normalized spacial score (nSPS) is 13.6. The highest BCUT2D eigenvalue weighted by molar-refractivity contribution is 5.70. The van der Waals surface area contributed by atoms with Crippen LogP contribution in [-0.4, -0.2) is 47.6 Å². The molecular weight excluding hydrogens is 624 g/mol. The van der Waals surface area contributed by atoms with E-state index in [-0.39, 0.29) is 31.6 Å². The number of aliphatic hydroxyl groups excluding tert-OH is 2. The summed E-state index contributed by atoms with van der Waals surface area (Å²) >= 11 is 0. The molecule has 0 aliphatic heterocycles. The molecule has 0 spiro atoms. The minimum absolute atomic E-state index is 0.123. The van der Waals surface area contributed by atoms with E-state index < -0.39 is 12.2 Å². The van der Waals surface area contributed by atoms with Crippen molar-refractivity contribution in [2.45, 2.75) is 180 Å². The van der Waals surface area contributed by atoms with Crippen LogP contribution in [0.3, 0.4) is 0 Å². The van der Waals surface area contributed by atoms with Crippen LogP contribution in [0.15, 0.2) is 72.9 Å². The van der Waals surface area contributed by atoms with E-state index in [0.717, 1.165) is 44.9 Å². The third-order valence-corrected chi connectivity index (χ3v) is 8.36. The van der Waals surface area contributed by atoms with Crippen LogP contribution >= 0.6 is 0 Å². The summed E-state index contributed by atoms with van der Waals surface area (Å²) in [5.74, 6) is -0.720. The molecule has 0 bridgehead atoms. The van der Waals surface area contributed by atoms with E-state index in [1.165, 1.54) is 83.5 Å². The van der Waals surface area contributed by atoms with E-state index in [4.69, 9.17) is 9.47 Å². The summed E-state index contributed by atoms with van der Waals surface area (Å²) in [6, 6.07) is 0. The molecule has 0 fully saturated rings. The molecule has 0 aromatic carbocycles. The second-order valence-corrected chi connectivity index (χ2v) is 13.2. The van der Waals surface area contributed by atoms with E-state index in [1.54, 1.807) is 6.08 Å². The molecule has 0 saturated heterocycles. The number of rotatable bonds is 35. The Labute approximate surface area is 306 Å². The Morgan fingerprint density at radius 2 is 1.10 bits per heavy atom. The maximum Gasteiger partial charge on any atom is 0.306 e. The first-order valence-electron chi connectivity index (χ1n) is 20.1. The Bertz CT molecular complexity index is 944. The Kier molecular flexibility index (Phi) is 37.0. The second kappa shape index (κ2) is 39.1. The van der Waals surface area contributed by atoms with Crippen LogP contribution < -0.4 is 0 Å². The Hall–Kier alpha value is -2.70. The predicted octanol–water partition coefficient (Wildman–Crippen LogP) is 11.5. The van der Waals surface area contributed by atoms with Gasteiger partial charge in [-0.05, 0) is 44.9 Å². The molecule has 6 nitrogen and oxygen atoms in total. The summed E-state index contributed by atoms with van der Waals surface area (Å²) in [6.07, 6.45) is 48.6. The van der Waals surface area contributed by atoms with Crippen molar-refractivity contribution in [3.8, 4) is 0 Å². The molecule has 2 atom stereocenters. The van der Waals surface area contributed by atoms with E-state index in [0.29, 0.717) is 19.3 Å². The molecular formula is C44H74O6. The van der Waals surface area contributed by atoms with Gasteiger partial charge in [-0.3, -0.25) is 9.59 Å². The van der Waals surface area contributed by atoms with Gasteiger partial charge < -0.3 is 19.7 Å². The van der Waals surface area contributed by atoms with Crippen molar-refractivity contribution in [2.24, 2.45) is 0 Å². The number of hydrogen-bond donors (Lipinski definition) is 2. The number of aliphatic hydroxyl groups is 2. The average molecular weight is 699 g/mol. The SMILES string of the molecule is CC/C=C\C/C=C\CC(O)/C=C/C=C\C/C=C\C/C=C\CCC(=O)OC[C@H](CO)OC(=O)CCCCCCCCCCCCCCCCCC. The number of hydrogen-bond acceptors (Lipinski definition) is 6. The monoisotopic (exact) mass is 699 g/mol. The minimum atomic E-state index is -0.817. The van der Waals surface area contributed by atoms with Gasteiger partial charge in [-0.25, -0.2) is 0 Å². The van der Waals surface area contributed by atoms with Crippen molar-refractivity contribution in [2.75, 3.05) is 13.2 Å². The molecule has 0 radical (unpaired) electrons. The second-order valence-electron chi connectivity index (χ2n) is 13.2. The van der Waals surface area contributed by atoms with Gasteiger partial charge >= 0.3 is 11.9 Å². The predicted molar refractivity (Wildman–Crippen MR) is 211 cm³/mol. The van der Waals surface area contributed by atoms with Crippen molar-refractivity contribution < 1.29 is 29.3 Å². The molecule has 0 saturated carbocycles. The zero-order valence-electron chi connectivity index (χ0n) is 32.0. The lowest BCUT2D eigenvalue weighted by Gasteiger charge is -2.15. The van der Waals surface area contributed by atoms with Crippen molar-refractivity contribution in [3.05, 3.63) is 72.9 Å². The van der Waals surface area contributed by atoms with Crippen molar-refractivity contribution in [1.29, 1.82) is 0 Å². The van der Waals surface area contributed by atoms with Crippen LogP contribution in [0, 0.1) is 0 Å². The molecule has 0 aliphatic rings. The highest BCUT2D eigenvalue weighted by atomic mass is 16.6. The zero-order valence-corrected chi connectivity index (χ0v) is 32.0. The van der Waals surface area contributed by atoms with Gasteiger partial charge in [0.15, 0.2) is 6.10 Å². The first kappa shape index (κ1) is 47.3. The van der Waals surface area contributed by atoms with Gasteiger partial charge in [0.2, 0.25) is 0 Å². The van der Waals surface area contributed by atoms with Crippen LogP contribution in [0.4, 0.5) is 0 Å². The number of allylic oxidation sites excluding steroid dienone is 10. The van der Waals surface area contributed by atoms with Gasteiger partial charge in [-0.15, -0.1) is 0 Å². The summed E-state index contributed by atoms with van der Waals surface area (Å²) < 4.78 is 10.5. The summed E-state index contributed by atoms with van der Waals surface area (Å²) in [5, 5.41) is 19.5. The van der Waals surface area contributed by atoms with Crippen LogP contribution in [0.2, 0.25) is 0 Å². The molecule has 0 rings (SSSR count). The van der Waals surface area contributed by atoms with Gasteiger partial charge in [0.25, 0.3) is 0 Å². The number of carbonyl (C=O) groups excluding carboxylic acids is 2. The van der Waals surface area contributed by atoms with Crippen molar-refractivity contribution >= 4 is 11.9 Å². The summed E-state index contributed by atoms with van der Waals surface area (Å²) in [5.41, 5.74) is 0. The molecule has 1 unspecified atom stereocenters. The van der Waals surface area contributed by atoms with Crippen molar-refractivity contribution in [3.63, 3.8) is 0 Å². The molecule has 0 heterocycles. The largest absolute Gasteiger partial charge is 0.462 e. The minimum Gasteiger partial charge on any atom is -0.462 e. The lowest BCUT2D eigenvalue weighted by atomic mass is 10.0. The number of unbranched alkanes of at least 4 members (excludes halogenated alkanes) is 15. The fourth-order valence-electron chi connectivity index (χ4n) is 5.31. The highest BCUT2D eigenvalue weighted by Gasteiger charge is 2.15. The van der Waals surface area contributed by atoms with Crippen LogP contribution in [0.25, 0.3) is 0 Å². The molecule has 286 valence electrons. The standard InChI is InChI=1S/C44H74O6/c1-3-5-7-9-11-12-13-14-15-16-17-18-23-26-30-34-38-44(48)50-42(39-45)40-49-43(47)37-33-29-25-22-20-19-21-24-28-32-36-41(46)35-31-27-10-8-6-4-2/h6,8,19-20,24-25,27-29,31-32,36,41-42,45-46H,3-5,7,9-18,21-23,26,30,33-35,37-40H2,1-2H3/b8-6-,20-19-,28-24-,29-25-,31-27-,36-32+/t41?,42-/m0/s1. The molecule has 0 amide bonds.